The molecule has 0 aliphatic rings. The minimum absolute atomic E-state index is 0.0269. The first kappa shape index (κ1) is 13.9. The van der Waals surface area contributed by atoms with E-state index in [2.05, 4.69) is 0 Å². The van der Waals surface area contributed by atoms with E-state index in [0.717, 1.165) is 5.56 Å². The van der Waals surface area contributed by atoms with Gasteiger partial charge in [0, 0.05) is 12.7 Å². The third-order valence-electron chi connectivity index (χ3n) is 3.43. The van der Waals surface area contributed by atoms with Crippen LogP contribution in [0.2, 0.25) is 0 Å². The predicted octanol–water partition coefficient (Wildman–Crippen LogP) is 3.48. The van der Waals surface area contributed by atoms with Gasteiger partial charge in [-0.2, -0.15) is 5.26 Å². The standard InChI is InChI=1S/C16H16FN3/c1-11(13-4-3-5-14(19)9-13)20(2)16-7-6-12(10-18)8-15(16)17/h3-9,11H,19H2,1-2H3. The molecule has 0 aliphatic carbocycles. The summed E-state index contributed by atoms with van der Waals surface area (Å²) < 4.78 is 14.0. The van der Waals surface area contributed by atoms with Gasteiger partial charge >= 0.3 is 0 Å². The Kier molecular flexibility index (Phi) is 3.90. The second-order valence-electron chi connectivity index (χ2n) is 4.73. The molecule has 3 nitrogen and oxygen atoms in total. The molecule has 0 spiro atoms. The molecule has 0 amide bonds. The third-order valence-corrected chi connectivity index (χ3v) is 3.43. The molecule has 0 radical (unpaired) electrons. The molecule has 1 atom stereocenters. The van der Waals surface area contributed by atoms with Gasteiger partial charge in [-0.1, -0.05) is 12.1 Å². The number of halogens is 1. The molecule has 0 heterocycles. The van der Waals surface area contributed by atoms with Gasteiger partial charge in [0.2, 0.25) is 0 Å². The van der Waals surface area contributed by atoms with E-state index in [1.165, 1.54) is 6.07 Å². The molecule has 0 saturated carbocycles. The van der Waals surface area contributed by atoms with Crippen molar-refractivity contribution in [3.05, 3.63) is 59.4 Å². The number of nitriles is 1. The van der Waals surface area contributed by atoms with Gasteiger partial charge in [-0.25, -0.2) is 4.39 Å². The molecule has 20 heavy (non-hydrogen) atoms. The van der Waals surface area contributed by atoms with Gasteiger partial charge in [0.15, 0.2) is 0 Å². The van der Waals surface area contributed by atoms with Crippen molar-refractivity contribution in [2.75, 3.05) is 17.7 Å². The lowest BCUT2D eigenvalue weighted by molar-refractivity contribution is 0.611. The van der Waals surface area contributed by atoms with Crippen molar-refractivity contribution >= 4 is 11.4 Å². The fourth-order valence-electron chi connectivity index (χ4n) is 2.11. The van der Waals surface area contributed by atoms with Gasteiger partial charge in [-0.15, -0.1) is 0 Å². The molecule has 0 saturated heterocycles. The Bertz CT molecular complexity index is 661. The highest BCUT2D eigenvalue weighted by Crippen LogP contribution is 2.28. The fraction of sp³-hybridized carbons (Fsp3) is 0.188. The van der Waals surface area contributed by atoms with Crippen molar-refractivity contribution in [3.8, 4) is 6.07 Å². The molecule has 0 bridgehead atoms. The normalized spacial score (nSPS) is 11.7. The van der Waals surface area contributed by atoms with Crippen molar-refractivity contribution in [1.29, 1.82) is 5.26 Å². The Labute approximate surface area is 118 Å². The number of hydrogen-bond donors (Lipinski definition) is 1. The number of nitrogens with zero attached hydrogens (tertiary/aromatic N) is 2. The van der Waals surface area contributed by atoms with Crippen molar-refractivity contribution in [2.24, 2.45) is 0 Å². The van der Waals surface area contributed by atoms with Gasteiger partial charge in [0.25, 0.3) is 0 Å². The molecule has 2 rings (SSSR count). The van der Waals surface area contributed by atoms with Crippen molar-refractivity contribution < 1.29 is 4.39 Å². The Morgan fingerprint density at radius 1 is 1.25 bits per heavy atom. The van der Waals surface area contributed by atoms with Crippen LogP contribution in [-0.2, 0) is 0 Å². The average Bonchev–Trinajstić information content (AvgIpc) is 2.45. The second kappa shape index (κ2) is 5.62. The highest BCUT2D eigenvalue weighted by atomic mass is 19.1. The maximum atomic E-state index is 14.0. The fourth-order valence-corrected chi connectivity index (χ4v) is 2.11. The number of rotatable bonds is 3. The topological polar surface area (TPSA) is 53.0 Å². The minimum Gasteiger partial charge on any atom is -0.399 e. The maximum Gasteiger partial charge on any atom is 0.147 e. The van der Waals surface area contributed by atoms with E-state index >= 15 is 0 Å². The Hall–Kier alpha value is -2.54. The molecule has 1 unspecified atom stereocenters. The number of nitrogens with two attached hydrogens (primary N) is 1. The van der Waals surface area contributed by atoms with Crippen LogP contribution in [0.3, 0.4) is 0 Å². The summed E-state index contributed by atoms with van der Waals surface area (Å²) in [6.45, 7) is 1.98. The summed E-state index contributed by atoms with van der Waals surface area (Å²) in [5.41, 5.74) is 8.24. The first-order valence-electron chi connectivity index (χ1n) is 6.31. The van der Waals surface area contributed by atoms with Crippen molar-refractivity contribution in [1.82, 2.24) is 0 Å². The number of benzene rings is 2. The van der Waals surface area contributed by atoms with E-state index < -0.39 is 5.82 Å². The molecule has 0 aliphatic heterocycles. The second-order valence-corrected chi connectivity index (χ2v) is 4.73. The zero-order valence-corrected chi connectivity index (χ0v) is 11.5. The minimum atomic E-state index is -0.401. The summed E-state index contributed by atoms with van der Waals surface area (Å²) in [5, 5.41) is 8.77. The highest BCUT2D eigenvalue weighted by Gasteiger charge is 2.16. The quantitative estimate of drug-likeness (QED) is 0.868. The lowest BCUT2D eigenvalue weighted by Gasteiger charge is -2.28. The molecule has 102 valence electrons. The molecular formula is C16H16FN3. The van der Waals surface area contributed by atoms with Gasteiger partial charge in [-0.05, 0) is 42.8 Å². The molecule has 2 N–H and O–H groups in total. The Balaban J connectivity index is 2.31. The number of anilines is 2. The summed E-state index contributed by atoms with van der Waals surface area (Å²) in [6, 6.07) is 13.9. The van der Waals surface area contributed by atoms with Crippen molar-refractivity contribution in [3.63, 3.8) is 0 Å². The first-order chi connectivity index (χ1) is 9.52. The largest absolute Gasteiger partial charge is 0.399 e. The smallest absolute Gasteiger partial charge is 0.147 e. The lowest BCUT2D eigenvalue weighted by Crippen LogP contribution is -2.22. The van der Waals surface area contributed by atoms with Crippen LogP contribution < -0.4 is 10.6 Å². The van der Waals surface area contributed by atoms with E-state index in [1.807, 2.05) is 49.2 Å². The van der Waals surface area contributed by atoms with Crippen LogP contribution in [0, 0.1) is 17.1 Å². The monoisotopic (exact) mass is 269 g/mol. The van der Waals surface area contributed by atoms with Gasteiger partial charge < -0.3 is 10.6 Å². The van der Waals surface area contributed by atoms with Crippen LogP contribution in [0.25, 0.3) is 0 Å². The van der Waals surface area contributed by atoms with Crippen molar-refractivity contribution in [2.45, 2.75) is 13.0 Å². The molecule has 4 heteroatoms. The van der Waals surface area contributed by atoms with Gasteiger partial charge in [0.1, 0.15) is 5.82 Å². The maximum absolute atomic E-state index is 14.0. The Morgan fingerprint density at radius 3 is 2.60 bits per heavy atom. The van der Waals surface area contributed by atoms with Crippen LogP contribution in [0.1, 0.15) is 24.1 Å². The van der Waals surface area contributed by atoms with Gasteiger partial charge in [0.05, 0.1) is 23.4 Å². The van der Waals surface area contributed by atoms with E-state index in [-0.39, 0.29) is 6.04 Å². The van der Waals surface area contributed by atoms with Crippen LogP contribution in [0.5, 0.6) is 0 Å². The van der Waals surface area contributed by atoms with E-state index in [9.17, 15) is 4.39 Å². The molecular weight excluding hydrogens is 253 g/mol. The molecule has 0 fully saturated rings. The lowest BCUT2D eigenvalue weighted by atomic mass is 10.1. The average molecular weight is 269 g/mol. The van der Waals surface area contributed by atoms with Crippen LogP contribution in [0.4, 0.5) is 15.8 Å². The molecule has 2 aromatic carbocycles. The summed E-state index contributed by atoms with van der Waals surface area (Å²) in [4.78, 5) is 1.82. The van der Waals surface area contributed by atoms with Crippen LogP contribution in [0.15, 0.2) is 42.5 Å². The van der Waals surface area contributed by atoms with E-state index in [1.54, 1.807) is 12.1 Å². The van der Waals surface area contributed by atoms with Crippen LogP contribution >= 0.6 is 0 Å². The summed E-state index contributed by atoms with van der Waals surface area (Å²) in [7, 11) is 1.82. The number of nitrogen functional groups attached to an aromatic ring is 1. The van der Waals surface area contributed by atoms with Crippen LogP contribution in [-0.4, -0.2) is 7.05 Å². The third kappa shape index (κ3) is 2.72. The molecule has 0 aromatic heterocycles. The van der Waals surface area contributed by atoms with E-state index in [0.29, 0.717) is 16.9 Å². The van der Waals surface area contributed by atoms with Gasteiger partial charge in [-0.3, -0.25) is 0 Å². The number of hydrogen-bond acceptors (Lipinski definition) is 3. The summed E-state index contributed by atoms with van der Waals surface area (Å²) in [6.07, 6.45) is 0. The Morgan fingerprint density at radius 2 is 2.00 bits per heavy atom. The van der Waals surface area contributed by atoms with E-state index in [4.69, 9.17) is 11.0 Å². The summed E-state index contributed by atoms with van der Waals surface area (Å²) in [5.74, 6) is -0.401. The SMILES string of the molecule is CC(c1cccc(N)c1)N(C)c1ccc(C#N)cc1F. The predicted molar refractivity (Wildman–Crippen MR) is 78.8 cm³/mol. The summed E-state index contributed by atoms with van der Waals surface area (Å²) >= 11 is 0. The zero-order chi connectivity index (χ0) is 14.7. The first-order valence-corrected chi connectivity index (χ1v) is 6.31. The molecule has 2 aromatic rings. The zero-order valence-electron chi connectivity index (χ0n) is 11.5. The highest BCUT2D eigenvalue weighted by molar-refractivity contribution is 5.53.